The molecule has 1 N–H and O–H groups in total. The number of carbonyl (C=O) groups is 4. The van der Waals surface area contributed by atoms with E-state index in [-0.39, 0.29) is 36.1 Å². The van der Waals surface area contributed by atoms with E-state index in [1.165, 1.54) is 36.5 Å². The number of rotatable bonds is 17. The maximum atomic E-state index is 12.7. The van der Waals surface area contributed by atoms with Crippen molar-refractivity contribution in [2.75, 3.05) is 20.8 Å². The number of benzene rings is 2. The summed E-state index contributed by atoms with van der Waals surface area (Å²) < 4.78 is 19.1. The van der Waals surface area contributed by atoms with Gasteiger partial charge in [-0.1, -0.05) is 13.8 Å². The molecule has 2 aromatic heterocycles. The predicted molar refractivity (Wildman–Crippen MR) is 174 cm³/mol. The Morgan fingerprint density at radius 1 is 0.727 bits per heavy atom. The summed E-state index contributed by atoms with van der Waals surface area (Å²) in [6, 6.07) is 11.5. The molecular weight excluding hydrogens is 601 g/mol. The number of Topliss-reactive ketones (excluding diaryl/α,β-unsaturated/α-hetero) is 3. The Morgan fingerprint density at radius 2 is 1.30 bits per heavy atom. The van der Waals surface area contributed by atoms with Gasteiger partial charge in [-0.25, -0.2) is 0 Å². The maximum Gasteiger partial charge on any atom is 0.306 e. The summed E-state index contributed by atoms with van der Waals surface area (Å²) in [6.45, 7) is 5.33. The van der Waals surface area contributed by atoms with E-state index >= 15 is 0 Å². The predicted octanol–water partition coefficient (Wildman–Crippen LogP) is 8.02. The van der Waals surface area contributed by atoms with Gasteiger partial charge in [0.2, 0.25) is 0 Å². The van der Waals surface area contributed by atoms with Crippen molar-refractivity contribution in [3.8, 4) is 17.2 Å². The summed E-state index contributed by atoms with van der Waals surface area (Å²) in [5.41, 5.74) is 1.09. The van der Waals surface area contributed by atoms with Gasteiger partial charge >= 0.3 is 5.97 Å². The normalized spacial score (nSPS) is 12.7. The highest BCUT2D eigenvalue weighted by atomic mass is 32.1. The third kappa shape index (κ3) is 8.04. The van der Waals surface area contributed by atoms with Gasteiger partial charge in [-0.05, 0) is 79.3 Å². The van der Waals surface area contributed by atoms with E-state index < -0.39 is 11.9 Å². The lowest BCUT2D eigenvalue weighted by atomic mass is 10.00. The van der Waals surface area contributed by atoms with Gasteiger partial charge in [-0.2, -0.15) is 0 Å². The molecule has 0 fully saturated rings. The van der Waals surface area contributed by atoms with Gasteiger partial charge in [-0.15, -0.1) is 22.7 Å². The van der Waals surface area contributed by atoms with Crippen LogP contribution in [0.4, 0.5) is 0 Å². The van der Waals surface area contributed by atoms with Crippen LogP contribution in [0.3, 0.4) is 0 Å². The zero-order chi connectivity index (χ0) is 32.0. The van der Waals surface area contributed by atoms with Crippen LogP contribution < -0.4 is 14.2 Å². The lowest BCUT2D eigenvalue weighted by Crippen LogP contribution is -2.13. The van der Waals surface area contributed by atoms with Gasteiger partial charge < -0.3 is 19.3 Å². The van der Waals surface area contributed by atoms with Gasteiger partial charge in [0.05, 0.1) is 36.5 Å². The summed E-state index contributed by atoms with van der Waals surface area (Å²) in [4.78, 5) is 49.2. The quantitative estimate of drug-likeness (QED) is 0.0913. The fourth-order valence-electron chi connectivity index (χ4n) is 4.86. The van der Waals surface area contributed by atoms with Crippen molar-refractivity contribution in [2.45, 2.75) is 59.3 Å². The largest absolute Gasteiger partial charge is 0.496 e. The van der Waals surface area contributed by atoms with Crippen molar-refractivity contribution in [1.82, 2.24) is 0 Å². The number of methoxy groups -OCH3 is 2. The number of hydrogen-bond donors (Lipinski definition) is 1. The topological polar surface area (TPSA) is 116 Å². The molecule has 0 aliphatic rings. The second-order valence-corrected chi connectivity index (χ2v) is 13.3. The van der Waals surface area contributed by atoms with Crippen molar-refractivity contribution < 1.29 is 38.5 Å². The summed E-state index contributed by atoms with van der Waals surface area (Å²) >= 11 is 2.76. The molecule has 0 bridgehead atoms. The first-order valence-corrected chi connectivity index (χ1v) is 16.3. The average Bonchev–Trinajstić information content (AvgIpc) is 3.61. The Bertz CT molecular complexity index is 1560. The number of unbranched alkanes of at least 4 members (excludes halogenated alkanes) is 2. The number of aliphatic carboxylic acids is 1. The van der Waals surface area contributed by atoms with E-state index in [1.807, 2.05) is 24.3 Å². The Kier molecular flexibility index (Phi) is 11.2. The highest BCUT2D eigenvalue weighted by Crippen LogP contribution is 2.38. The zero-order valence-corrected chi connectivity index (χ0v) is 27.3. The molecule has 234 valence electrons. The molecular formula is C34H38O8S2. The number of carboxylic acids is 1. The number of hydrogen-bond acceptors (Lipinski definition) is 9. The van der Waals surface area contributed by atoms with Crippen molar-refractivity contribution in [2.24, 2.45) is 11.8 Å². The van der Waals surface area contributed by atoms with Crippen LogP contribution in [0.15, 0.2) is 36.4 Å². The molecule has 0 saturated heterocycles. The number of thiophene rings is 2. The van der Waals surface area contributed by atoms with Crippen LogP contribution in [0.25, 0.3) is 20.2 Å². The highest BCUT2D eigenvalue weighted by molar-refractivity contribution is 7.21. The zero-order valence-electron chi connectivity index (χ0n) is 25.7. The van der Waals surface area contributed by atoms with Gasteiger partial charge in [0, 0.05) is 34.2 Å². The summed E-state index contributed by atoms with van der Waals surface area (Å²) in [5, 5.41) is 11.0. The van der Waals surface area contributed by atoms with E-state index in [4.69, 9.17) is 19.3 Å². The number of ketones is 3. The minimum Gasteiger partial charge on any atom is -0.496 e. The Hall–Kier alpha value is -3.76. The molecule has 4 aromatic rings. The third-order valence-corrected chi connectivity index (χ3v) is 10.00. The maximum absolute atomic E-state index is 12.7. The van der Waals surface area contributed by atoms with Crippen LogP contribution >= 0.6 is 22.7 Å². The number of aryl methyl sites for hydroxylation is 1. The van der Waals surface area contributed by atoms with Crippen molar-refractivity contribution in [1.29, 1.82) is 0 Å². The Morgan fingerprint density at radius 3 is 1.86 bits per heavy atom. The molecule has 0 unspecified atom stereocenters. The van der Waals surface area contributed by atoms with E-state index in [9.17, 15) is 19.2 Å². The van der Waals surface area contributed by atoms with Gasteiger partial charge in [0.15, 0.2) is 23.1 Å². The lowest BCUT2D eigenvalue weighted by Gasteiger charge is -2.11. The first kappa shape index (κ1) is 33.1. The molecule has 2 heterocycles. The minimum absolute atomic E-state index is 0.0107. The molecule has 4 rings (SSSR count). The smallest absolute Gasteiger partial charge is 0.306 e. The molecule has 2 aromatic carbocycles. The van der Waals surface area contributed by atoms with E-state index in [0.29, 0.717) is 27.9 Å². The average molecular weight is 639 g/mol. The molecule has 0 aliphatic carbocycles. The third-order valence-electron chi connectivity index (χ3n) is 7.72. The molecule has 2 atom stereocenters. The Labute approximate surface area is 264 Å². The number of carboxylic acid groups (broad SMARTS) is 1. The first-order chi connectivity index (χ1) is 21.0. The summed E-state index contributed by atoms with van der Waals surface area (Å²) in [7, 11) is 3.23. The minimum atomic E-state index is -0.987. The van der Waals surface area contributed by atoms with Crippen LogP contribution in [0.2, 0.25) is 0 Å². The summed E-state index contributed by atoms with van der Waals surface area (Å²) in [5.74, 6) is -0.209. The van der Waals surface area contributed by atoms with Crippen LogP contribution in [0.5, 0.6) is 17.2 Å². The highest BCUT2D eigenvalue weighted by Gasteiger charge is 2.20. The molecule has 0 aliphatic heterocycles. The number of fused-ring (bicyclic) bond motifs is 2. The molecule has 0 radical (unpaired) electrons. The van der Waals surface area contributed by atoms with Gasteiger partial charge in [0.25, 0.3) is 0 Å². The molecule has 0 saturated carbocycles. The fraction of sp³-hybridized carbons (Fsp3) is 0.412. The van der Waals surface area contributed by atoms with Gasteiger partial charge in [0.1, 0.15) is 11.5 Å². The number of ether oxygens (including phenoxy) is 3. The van der Waals surface area contributed by atoms with Crippen molar-refractivity contribution in [3.05, 3.63) is 51.7 Å². The standard InChI is InChI=1S/C34H38O8S2/c1-19(21(3)35)11-25(36)32-15-23-13-22(27(40-4)17-30(23)43-32)9-7-6-8-10-42-29-14-24-16-33(26(37)12-20(2)34(38)39)44-31(24)18-28(29)41-5/h13-20H,6-12H2,1-5H3,(H,38,39)/t19-,20-/m0/s1. The number of carbonyl (C=O) groups excluding carboxylic acids is 3. The van der Waals surface area contributed by atoms with Crippen LogP contribution in [0, 0.1) is 11.8 Å². The van der Waals surface area contributed by atoms with E-state index in [0.717, 1.165) is 57.2 Å². The van der Waals surface area contributed by atoms with Crippen molar-refractivity contribution >= 4 is 66.2 Å². The van der Waals surface area contributed by atoms with Crippen LogP contribution in [-0.2, 0) is 16.0 Å². The molecule has 44 heavy (non-hydrogen) atoms. The van der Waals surface area contributed by atoms with Crippen LogP contribution in [0.1, 0.15) is 77.8 Å². The Balaban J connectivity index is 1.33. The molecule has 0 amide bonds. The fourth-order valence-corrected chi connectivity index (χ4v) is 6.90. The molecule has 10 heteroatoms. The first-order valence-electron chi connectivity index (χ1n) is 14.6. The summed E-state index contributed by atoms with van der Waals surface area (Å²) in [6.07, 6.45) is 3.69. The second-order valence-electron chi connectivity index (χ2n) is 11.1. The van der Waals surface area contributed by atoms with Gasteiger partial charge in [-0.3, -0.25) is 19.2 Å². The molecule has 0 spiro atoms. The SMILES string of the molecule is COc1cc2sc(C(=O)C[C@H](C)C(C)=O)cc2cc1CCCCCOc1cc2cc(C(=O)C[C@H](C)C(=O)O)sc2cc1OC. The lowest BCUT2D eigenvalue weighted by molar-refractivity contribution is -0.141. The monoisotopic (exact) mass is 638 g/mol. The van der Waals surface area contributed by atoms with Crippen LogP contribution in [-0.4, -0.2) is 49.3 Å². The van der Waals surface area contributed by atoms with E-state index in [1.54, 1.807) is 27.2 Å². The van der Waals surface area contributed by atoms with Crippen molar-refractivity contribution in [3.63, 3.8) is 0 Å². The van der Waals surface area contributed by atoms with E-state index in [2.05, 4.69) is 6.07 Å². The molecule has 8 nitrogen and oxygen atoms in total. The second kappa shape index (κ2) is 14.8.